The number of allylic oxidation sites excluding steroid dienone is 1. The van der Waals surface area contributed by atoms with E-state index in [9.17, 15) is 0 Å². The number of aryl methyl sites for hydroxylation is 1. The van der Waals surface area contributed by atoms with Gasteiger partial charge in [0.15, 0.2) is 0 Å². The fourth-order valence-electron chi connectivity index (χ4n) is 2.04. The summed E-state index contributed by atoms with van der Waals surface area (Å²) < 4.78 is 1.83. The first-order valence-corrected chi connectivity index (χ1v) is 5.09. The van der Waals surface area contributed by atoms with Gasteiger partial charge in [0.1, 0.15) is 0 Å². The fourth-order valence-corrected chi connectivity index (χ4v) is 2.04. The van der Waals surface area contributed by atoms with Crippen LogP contribution in [0.4, 0.5) is 0 Å². The molecule has 0 saturated heterocycles. The molecule has 0 spiro atoms. The Morgan fingerprint density at radius 1 is 1.57 bits per heavy atom. The average Bonchev–Trinajstić information content (AvgIpc) is 2.51. The van der Waals surface area contributed by atoms with Gasteiger partial charge in [-0.05, 0) is 31.2 Å². The molecule has 14 heavy (non-hydrogen) atoms. The predicted molar refractivity (Wildman–Crippen MR) is 56.8 cm³/mol. The quantitative estimate of drug-likeness (QED) is 0.718. The Kier molecular flexibility index (Phi) is 2.42. The van der Waals surface area contributed by atoms with E-state index in [4.69, 9.17) is 5.73 Å². The van der Waals surface area contributed by atoms with Crippen LogP contribution in [0.2, 0.25) is 0 Å². The standard InChI is InChI=1S/C11H17N3/c1-14-9-10(8-13-14)7-11(12)5-3-2-4-6-11/h2-3,8-9H,4-7,12H2,1H3. The van der Waals surface area contributed by atoms with Crippen molar-refractivity contribution in [2.45, 2.75) is 31.2 Å². The Balaban J connectivity index is 2.06. The maximum Gasteiger partial charge on any atom is 0.0522 e. The Morgan fingerprint density at radius 3 is 3.00 bits per heavy atom. The van der Waals surface area contributed by atoms with Gasteiger partial charge in [0.05, 0.1) is 6.20 Å². The highest BCUT2D eigenvalue weighted by molar-refractivity contribution is 5.13. The molecule has 0 amide bonds. The van der Waals surface area contributed by atoms with Crippen LogP contribution in [-0.2, 0) is 13.5 Å². The summed E-state index contributed by atoms with van der Waals surface area (Å²) in [6.45, 7) is 0. The van der Waals surface area contributed by atoms with Crippen LogP contribution < -0.4 is 5.73 Å². The molecule has 2 rings (SSSR count). The Morgan fingerprint density at radius 2 is 2.43 bits per heavy atom. The summed E-state index contributed by atoms with van der Waals surface area (Å²) in [6, 6.07) is 0. The van der Waals surface area contributed by atoms with E-state index in [1.165, 1.54) is 5.56 Å². The summed E-state index contributed by atoms with van der Waals surface area (Å²) in [5.41, 5.74) is 7.51. The van der Waals surface area contributed by atoms with Gasteiger partial charge in [-0.15, -0.1) is 0 Å². The fraction of sp³-hybridized carbons (Fsp3) is 0.545. The molecule has 0 radical (unpaired) electrons. The van der Waals surface area contributed by atoms with Crippen molar-refractivity contribution in [3.63, 3.8) is 0 Å². The molecule has 0 aromatic carbocycles. The minimum Gasteiger partial charge on any atom is -0.325 e. The van der Waals surface area contributed by atoms with Gasteiger partial charge in [0, 0.05) is 18.8 Å². The third-order valence-electron chi connectivity index (χ3n) is 2.81. The van der Waals surface area contributed by atoms with Crippen molar-refractivity contribution in [2.24, 2.45) is 12.8 Å². The van der Waals surface area contributed by atoms with E-state index >= 15 is 0 Å². The molecule has 2 N–H and O–H groups in total. The first kappa shape index (κ1) is 9.46. The SMILES string of the molecule is Cn1cc(CC2(N)CC=CCC2)cn1. The average molecular weight is 191 g/mol. The minimum atomic E-state index is -0.0439. The maximum atomic E-state index is 6.31. The smallest absolute Gasteiger partial charge is 0.0522 e. The van der Waals surface area contributed by atoms with Crippen LogP contribution in [0.25, 0.3) is 0 Å². The first-order valence-electron chi connectivity index (χ1n) is 5.09. The van der Waals surface area contributed by atoms with Crippen molar-refractivity contribution in [2.75, 3.05) is 0 Å². The first-order chi connectivity index (χ1) is 6.68. The second-order valence-electron chi connectivity index (χ2n) is 4.28. The topological polar surface area (TPSA) is 43.8 Å². The van der Waals surface area contributed by atoms with E-state index in [-0.39, 0.29) is 5.54 Å². The van der Waals surface area contributed by atoms with E-state index in [0.717, 1.165) is 25.7 Å². The van der Waals surface area contributed by atoms with E-state index in [2.05, 4.69) is 17.3 Å². The summed E-state index contributed by atoms with van der Waals surface area (Å²) >= 11 is 0. The Bertz CT molecular complexity index is 340. The molecule has 1 atom stereocenters. The summed E-state index contributed by atoms with van der Waals surface area (Å²) in [7, 11) is 1.94. The highest BCUT2D eigenvalue weighted by Crippen LogP contribution is 2.24. The molecule has 0 fully saturated rings. The highest BCUT2D eigenvalue weighted by atomic mass is 15.2. The third kappa shape index (κ3) is 2.04. The summed E-state index contributed by atoms with van der Waals surface area (Å²) in [5, 5.41) is 4.16. The molecule has 1 heterocycles. The molecule has 76 valence electrons. The maximum absolute atomic E-state index is 6.31. The molecule has 3 heteroatoms. The molecule has 1 aromatic rings. The zero-order chi connectivity index (χ0) is 10.0. The predicted octanol–water partition coefficient (Wildman–Crippen LogP) is 1.40. The Labute approximate surface area is 84.6 Å². The molecule has 0 bridgehead atoms. The molecular weight excluding hydrogens is 174 g/mol. The summed E-state index contributed by atoms with van der Waals surface area (Å²) in [4.78, 5) is 0. The van der Waals surface area contributed by atoms with Gasteiger partial charge in [0.2, 0.25) is 0 Å². The van der Waals surface area contributed by atoms with Crippen molar-refractivity contribution in [1.82, 2.24) is 9.78 Å². The lowest BCUT2D eigenvalue weighted by molar-refractivity contribution is 0.385. The number of nitrogens with zero attached hydrogens (tertiary/aromatic N) is 2. The normalized spacial score (nSPS) is 26.7. The number of hydrogen-bond donors (Lipinski definition) is 1. The zero-order valence-corrected chi connectivity index (χ0v) is 8.61. The van der Waals surface area contributed by atoms with Crippen LogP contribution in [0.3, 0.4) is 0 Å². The summed E-state index contributed by atoms with van der Waals surface area (Å²) in [5.74, 6) is 0. The van der Waals surface area contributed by atoms with E-state index < -0.39 is 0 Å². The van der Waals surface area contributed by atoms with Gasteiger partial charge >= 0.3 is 0 Å². The zero-order valence-electron chi connectivity index (χ0n) is 8.61. The Hall–Kier alpha value is -1.09. The third-order valence-corrected chi connectivity index (χ3v) is 2.81. The van der Waals surface area contributed by atoms with Crippen LogP contribution in [-0.4, -0.2) is 15.3 Å². The lowest BCUT2D eigenvalue weighted by Gasteiger charge is -2.30. The van der Waals surface area contributed by atoms with Crippen LogP contribution in [0.1, 0.15) is 24.8 Å². The van der Waals surface area contributed by atoms with E-state index in [1.54, 1.807) is 0 Å². The van der Waals surface area contributed by atoms with Crippen molar-refractivity contribution in [3.05, 3.63) is 30.1 Å². The summed E-state index contributed by atoms with van der Waals surface area (Å²) in [6.07, 6.45) is 12.5. The lowest BCUT2D eigenvalue weighted by atomic mass is 9.82. The second-order valence-corrected chi connectivity index (χ2v) is 4.28. The van der Waals surface area contributed by atoms with E-state index in [1.807, 2.05) is 24.1 Å². The number of rotatable bonds is 2. The second kappa shape index (κ2) is 3.58. The molecule has 1 aliphatic carbocycles. The van der Waals surface area contributed by atoms with E-state index in [0.29, 0.717) is 0 Å². The highest BCUT2D eigenvalue weighted by Gasteiger charge is 2.25. The largest absolute Gasteiger partial charge is 0.325 e. The van der Waals surface area contributed by atoms with Crippen molar-refractivity contribution in [1.29, 1.82) is 0 Å². The van der Waals surface area contributed by atoms with Gasteiger partial charge in [-0.25, -0.2) is 0 Å². The van der Waals surface area contributed by atoms with Crippen molar-refractivity contribution < 1.29 is 0 Å². The van der Waals surface area contributed by atoms with Gasteiger partial charge in [-0.3, -0.25) is 4.68 Å². The van der Waals surface area contributed by atoms with Crippen LogP contribution >= 0.6 is 0 Å². The van der Waals surface area contributed by atoms with Gasteiger partial charge in [0.25, 0.3) is 0 Å². The van der Waals surface area contributed by atoms with Crippen molar-refractivity contribution >= 4 is 0 Å². The van der Waals surface area contributed by atoms with Gasteiger partial charge in [-0.1, -0.05) is 12.2 Å². The van der Waals surface area contributed by atoms with Gasteiger partial charge < -0.3 is 5.73 Å². The van der Waals surface area contributed by atoms with Gasteiger partial charge in [-0.2, -0.15) is 5.10 Å². The molecule has 1 aliphatic rings. The minimum absolute atomic E-state index is 0.0439. The van der Waals surface area contributed by atoms with Crippen molar-refractivity contribution in [3.8, 4) is 0 Å². The number of hydrogen-bond acceptors (Lipinski definition) is 2. The molecule has 1 aromatic heterocycles. The molecule has 0 saturated carbocycles. The molecule has 3 nitrogen and oxygen atoms in total. The lowest BCUT2D eigenvalue weighted by Crippen LogP contribution is -2.42. The molecule has 1 unspecified atom stereocenters. The number of aromatic nitrogens is 2. The van der Waals surface area contributed by atoms with Crippen LogP contribution in [0, 0.1) is 0 Å². The van der Waals surface area contributed by atoms with Crippen LogP contribution in [0.5, 0.6) is 0 Å². The monoisotopic (exact) mass is 191 g/mol. The number of nitrogens with two attached hydrogens (primary N) is 1. The molecular formula is C11H17N3. The molecule has 0 aliphatic heterocycles. The van der Waals surface area contributed by atoms with Crippen LogP contribution in [0.15, 0.2) is 24.5 Å².